The maximum Gasteiger partial charge on any atom is 0.224 e. The molecule has 102 valence electrons. The molecular formula is C13H20N6. The van der Waals surface area contributed by atoms with E-state index in [0.717, 1.165) is 36.6 Å². The van der Waals surface area contributed by atoms with Gasteiger partial charge in [-0.15, -0.1) is 0 Å². The van der Waals surface area contributed by atoms with Gasteiger partial charge in [0.15, 0.2) is 0 Å². The molecule has 0 saturated carbocycles. The summed E-state index contributed by atoms with van der Waals surface area (Å²) in [6, 6.07) is 2.03. The van der Waals surface area contributed by atoms with Gasteiger partial charge in [-0.2, -0.15) is 10.1 Å². The van der Waals surface area contributed by atoms with Gasteiger partial charge in [0.2, 0.25) is 5.95 Å². The van der Waals surface area contributed by atoms with E-state index in [1.54, 1.807) is 0 Å². The maximum atomic E-state index is 4.44. The number of nitrogens with zero attached hydrogens (tertiary/aromatic N) is 4. The second-order valence-electron chi connectivity index (χ2n) is 4.41. The second-order valence-corrected chi connectivity index (χ2v) is 4.41. The number of nitrogens with one attached hydrogen (secondary N) is 2. The highest BCUT2D eigenvalue weighted by Gasteiger charge is 2.03. The first kappa shape index (κ1) is 13.3. The highest BCUT2D eigenvalue weighted by Crippen LogP contribution is 2.12. The minimum absolute atomic E-state index is 0.661. The van der Waals surface area contributed by atoms with Crippen LogP contribution in [0.1, 0.15) is 18.2 Å². The van der Waals surface area contributed by atoms with E-state index < -0.39 is 0 Å². The van der Waals surface area contributed by atoms with E-state index in [2.05, 4.69) is 25.7 Å². The molecule has 0 amide bonds. The summed E-state index contributed by atoms with van der Waals surface area (Å²) in [6.45, 7) is 5.65. The van der Waals surface area contributed by atoms with Gasteiger partial charge in [-0.05, 0) is 19.9 Å². The zero-order valence-corrected chi connectivity index (χ0v) is 11.6. The van der Waals surface area contributed by atoms with Gasteiger partial charge >= 0.3 is 0 Å². The Labute approximate surface area is 113 Å². The lowest BCUT2D eigenvalue weighted by atomic mass is 10.3. The molecule has 0 bridgehead atoms. The van der Waals surface area contributed by atoms with E-state index in [9.17, 15) is 0 Å². The number of aryl methyl sites for hydroxylation is 2. The third-order valence-electron chi connectivity index (χ3n) is 2.75. The summed E-state index contributed by atoms with van der Waals surface area (Å²) >= 11 is 0. The third kappa shape index (κ3) is 3.67. The van der Waals surface area contributed by atoms with Crippen LogP contribution in [-0.2, 0) is 13.5 Å². The Hall–Kier alpha value is -2.11. The van der Waals surface area contributed by atoms with Crippen molar-refractivity contribution in [3.05, 3.63) is 29.7 Å². The van der Waals surface area contributed by atoms with Gasteiger partial charge in [0.25, 0.3) is 0 Å². The fraction of sp³-hybridized carbons (Fsp3) is 0.462. The first-order valence-corrected chi connectivity index (χ1v) is 6.49. The lowest BCUT2D eigenvalue weighted by Gasteiger charge is -2.09. The summed E-state index contributed by atoms with van der Waals surface area (Å²) < 4.78 is 1.81. The molecule has 0 aliphatic carbocycles. The van der Waals surface area contributed by atoms with Gasteiger partial charge < -0.3 is 10.6 Å². The molecule has 2 heterocycles. The fourth-order valence-electron chi connectivity index (χ4n) is 1.77. The van der Waals surface area contributed by atoms with Crippen molar-refractivity contribution < 1.29 is 0 Å². The monoisotopic (exact) mass is 260 g/mol. The smallest absolute Gasteiger partial charge is 0.224 e. The van der Waals surface area contributed by atoms with Crippen molar-refractivity contribution in [2.45, 2.75) is 20.3 Å². The molecule has 2 aromatic rings. The van der Waals surface area contributed by atoms with Crippen LogP contribution in [-0.4, -0.2) is 32.8 Å². The van der Waals surface area contributed by atoms with Crippen molar-refractivity contribution in [1.29, 1.82) is 0 Å². The normalized spacial score (nSPS) is 10.5. The number of rotatable bonds is 6. The largest absolute Gasteiger partial charge is 0.369 e. The molecule has 0 aliphatic heterocycles. The molecule has 6 heteroatoms. The molecule has 0 fully saturated rings. The summed E-state index contributed by atoms with van der Waals surface area (Å²) in [6.07, 6.45) is 4.66. The highest BCUT2D eigenvalue weighted by molar-refractivity contribution is 5.46. The van der Waals surface area contributed by atoms with Gasteiger partial charge in [-0.3, -0.25) is 4.68 Å². The Morgan fingerprint density at radius 1 is 1.32 bits per heavy atom. The molecule has 0 unspecified atom stereocenters. The molecule has 0 radical (unpaired) electrons. The van der Waals surface area contributed by atoms with E-state index >= 15 is 0 Å². The minimum atomic E-state index is 0.661. The van der Waals surface area contributed by atoms with Gasteiger partial charge in [0.1, 0.15) is 5.82 Å². The average Bonchev–Trinajstić information content (AvgIpc) is 2.79. The van der Waals surface area contributed by atoms with Crippen molar-refractivity contribution >= 4 is 11.8 Å². The van der Waals surface area contributed by atoms with Crippen LogP contribution in [0.15, 0.2) is 18.5 Å². The Bertz CT molecular complexity index is 534. The van der Waals surface area contributed by atoms with Gasteiger partial charge in [-0.25, -0.2) is 4.98 Å². The lowest BCUT2D eigenvalue weighted by Crippen LogP contribution is -2.10. The van der Waals surface area contributed by atoms with E-state index in [1.807, 2.05) is 44.0 Å². The van der Waals surface area contributed by atoms with Crippen molar-refractivity contribution in [1.82, 2.24) is 19.7 Å². The number of aromatic nitrogens is 4. The van der Waals surface area contributed by atoms with E-state index in [0.29, 0.717) is 5.95 Å². The lowest BCUT2D eigenvalue weighted by molar-refractivity contribution is 0.741. The first-order chi connectivity index (χ1) is 9.19. The molecule has 2 rings (SSSR count). The zero-order valence-electron chi connectivity index (χ0n) is 11.6. The SMILES string of the molecule is CCNc1ncc(C)c(NCCc2ccn(C)n2)n1. The van der Waals surface area contributed by atoms with Gasteiger partial charge in [0, 0.05) is 44.5 Å². The van der Waals surface area contributed by atoms with Crippen molar-refractivity contribution in [3.8, 4) is 0 Å². The van der Waals surface area contributed by atoms with Crippen LogP contribution in [0.4, 0.5) is 11.8 Å². The molecule has 6 nitrogen and oxygen atoms in total. The standard InChI is InChI=1S/C13H20N6/c1-4-14-13-16-9-10(2)12(17-13)15-7-5-11-6-8-19(3)18-11/h6,8-9H,4-5,7H2,1-3H3,(H2,14,15,16,17). The summed E-state index contributed by atoms with van der Waals surface area (Å²) in [5, 5.41) is 10.8. The van der Waals surface area contributed by atoms with Crippen LogP contribution in [0.3, 0.4) is 0 Å². The van der Waals surface area contributed by atoms with Crippen molar-refractivity contribution in [2.75, 3.05) is 23.7 Å². The van der Waals surface area contributed by atoms with E-state index in [-0.39, 0.29) is 0 Å². The van der Waals surface area contributed by atoms with Crippen LogP contribution in [0.5, 0.6) is 0 Å². The van der Waals surface area contributed by atoms with Crippen LogP contribution in [0.25, 0.3) is 0 Å². The van der Waals surface area contributed by atoms with Crippen LogP contribution < -0.4 is 10.6 Å². The predicted molar refractivity (Wildman–Crippen MR) is 76.3 cm³/mol. The quantitative estimate of drug-likeness (QED) is 0.826. The van der Waals surface area contributed by atoms with E-state index in [4.69, 9.17) is 0 Å². The number of hydrogen-bond acceptors (Lipinski definition) is 5. The van der Waals surface area contributed by atoms with Gasteiger partial charge in [0.05, 0.1) is 5.69 Å². The Balaban J connectivity index is 1.93. The highest BCUT2D eigenvalue weighted by atomic mass is 15.2. The second kappa shape index (κ2) is 6.17. The minimum Gasteiger partial charge on any atom is -0.369 e. The van der Waals surface area contributed by atoms with Crippen molar-refractivity contribution in [2.24, 2.45) is 7.05 Å². The summed E-state index contributed by atoms with van der Waals surface area (Å²) in [4.78, 5) is 8.66. The van der Waals surface area contributed by atoms with E-state index in [1.165, 1.54) is 0 Å². The molecule has 0 spiro atoms. The Kier molecular flexibility index (Phi) is 4.33. The van der Waals surface area contributed by atoms with Crippen LogP contribution in [0.2, 0.25) is 0 Å². The molecule has 2 aromatic heterocycles. The molecular weight excluding hydrogens is 240 g/mol. The molecule has 0 aliphatic rings. The molecule has 19 heavy (non-hydrogen) atoms. The average molecular weight is 260 g/mol. The molecule has 2 N–H and O–H groups in total. The number of hydrogen-bond donors (Lipinski definition) is 2. The molecule has 0 saturated heterocycles. The molecule has 0 aromatic carbocycles. The predicted octanol–water partition coefficient (Wildman–Crippen LogP) is 1.60. The third-order valence-corrected chi connectivity index (χ3v) is 2.75. The van der Waals surface area contributed by atoms with Crippen LogP contribution in [0, 0.1) is 6.92 Å². The summed E-state index contributed by atoms with van der Waals surface area (Å²) in [5.74, 6) is 1.54. The van der Waals surface area contributed by atoms with Gasteiger partial charge in [-0.1, -0.05) is 0 Å². The first-order valence-electron chi connectivity index (χ1n) is 6.49. The summed E-state index contributed by atoms with van der Waals surface area (Å²) in [5.41, 5.74) is 2.12. The fourth-order valence-corrected chi connectivity index (χ4v) is 1.77. The molecule has 0 atom stereocenters. The topological polar surface area (TPSA) is 67.7 Å². The zero-order chi connectivity index (χ0) is 13.7. The number of anilines is 2. The summed E-state index contributed by atoms with van der Waals surface area (Å²) in [7, 11) is 1.92. The maximum absolute atomic E-state index is 4.44. The van der Waals surface area contributed by atoms with Crippen molar-refractivity contribution in [3.63, 3.8) is 0 Å². The van der Waals surface area contributed by atoms with Crippen LogP contribution >= 0.6 is 0 Å². The Morgan fingerprint density at radius 3 is 2.84 bits per heavy atom. The Morgan fingerprint density at radius 2 is 2.16 bits per heavy atom.